The number of carboxylic acids is 1. The van der Waals surface area contributed by atoms with Crippen molar-refractivity contribution in [2.45, 2.75) is 19.3 Å². The van der Waals surface area contributed by atoms with Crippen LogP contribution < -0.4 is 4.90 Å². The second kappa shape index (κ2) is 6.21. The SMILES string of the molecule is O=C(O)CC1CCCN(c2ccc(Br)cc2[N+](=O)[O-])C1. The topological polar surface area (TPSA) is 83.7 Å². The van der Waals surface area contributed by atoms with Gasteiger partial charge in [0, 0.05) is 30.0 Å². The molecule has 1 aliphatic rings. The summed E-state index contributed by atoms with van der Waals surface area (Å²) >= 11 is 3.23. The first kappa shape index (κ1) is 14.8. The van der Waals surface area contributed by atoms with Gasteiger partial charge in [0.1, 0.15) is 5.69 Å². The molecule has 1 unspecified atom stereocenters. The van der Waals surface area contributed by atoms with Crippen LogP contribution in [0.2, 0.25) is 0 Å². The Morgan fingerprint density at radius 2 is 2.30 bits per heavy atom. The molecule has 1 aromatic carbocycles. The molecular formula is C13H15BrN2O4. The highest BCUT2D eigenvalue weighted by molar-refractivity contribution is 9.10. The number of carbonyl (C=O) groups is 1. The van der Waals surface area contributed by atoms with Gasteiger partial charge in [-0.2, -0.15) is 0 Å². The summed E-state index contributed by atoms with van der Waals surface area (Å²) in [4.78, 5) is 23.5. The second-order valence-electron chi connectivity index (χ2n) is 4.94. The van der Waals surface area contributed by atoms with Crippen molar-refractivity contribution in [3.8, 4) is 0 Å². The van der Waals surface area contributed by atoms with Crippen molar-refractivity contribution in [2.24, 2.45) is 5.92 Å². The number of hydrogen-bond acceptors (Lipinski definition) is 4. The van der Waals surface area contributed by atoms with E-state index >= 15 is 0 Å². The molecule has 0 radical (unpaired) electrons. The number of nitro groups is 1. The Morgan fingerprint density at radius 1 is 1.55 bits per heavy atom. The Kier molecular flexibility index (Phi) is 4.59. The molecule has 108 valence electrons. The van der Waals surface area contributed by atoms with Gasteiger partial charge in [0.2, 0.25) is 0 Å². The van der Waals surface area contributed by atoms with E-state index in [9.17, 15) is 14.9 Å². The third-order valence-electron chi connectivity index (χ3n) is 3.46. The van der Waals surface area contributed by atoms with E-state index in [0.29, 0.717) is 16.7 Å². The maximum absolute atomic E-state index is 11.1. The fraction of sp³-hybridized carbons (Fsp3) is 0.462. The van der Waals surface area contributed by atoms with E-state index in [-0.39, 0.29) is 18.0 Å². The van der Waals surface area contributed by atoms with Crippen LogP contribution in [-0.4, -0.2) is 29.1 Å². The highest BCUT2D eigenvalue weighted by Gasteiger charge is 2.26. The number of halogens is 1. The summed E-state index contributed by atoms with van der Waals surface area (Å²) in [6, 6.07) is 4.96. The number of nitrogens with zero attached hydrogens (tertiary/aromatic N) is 2. The van der Waals surface area contributed by atoms with Crippen LogP contribution in [-0.2, 0) is 4.79 Å². The van der Waals surface area contributed by atoms with Crippen LogP contribution in [0.15, 0.2) is 22.7 Å². The van der Waals surface area contributed by atoms with Crippen molar-refractivity contribution in [1.29, 1.82) is 0 Å². The molecule has 1 saturated heterocycles. The van der Waals surface area contributed by atoms with Crippen LogP contribution in [0.4, 0.5) is 11.4 Å². The lowest BCUT2D eigenvalue weighted by Gasteiger charge is -2.33. The molecule has 0 amide bonds. The van der Waals surface area contributed by atoms with E-state index in [1.54, 1.807) is 12.1 Å². The lowest BCUT2D eigenvalue weighted by atomic mass is 9.94. The lowest BCUT2D eigenvalue weighted by Crippen LogP contribution is -2.36. The highest BCUT2D eigenvalue weighted by Crippen LogP contribution is 2.34. The molecule has 1 N–H and O–H groups in total. The molecule has 1 atom stereocenters. The predicted octanol–water partition coefficient (Wildman–Crippen LogP) is 3.05. The van der Waals surface area contributed by atoms with E-state index in [4.69, 9.17) is 5.11 Å². The average Bonchev–Trinajstić information content (AvgIpc) is 2.38. The molecule has 0 bridgehead atoms. The van der Waals surface area contributed by atoms with E-state index in [1.807, 2.05) is 4.90 Å². The first-order chi connectivity index (χ1) is 9.47. The van der Waals surface area contributed by atoms with Gasteiger partial charge < -0.3 is 10.0 Å². The zero-order chi connectivity index (χ0) is 14.7. The minimum Gasteiger partial charge on any atom is -0.481 e. The van der Waals surface area contributed by atoms with Crippen molar-refractivity contribution >= 4 is 33.3 Å². The Balaban J connectivity index is 2.22. The minimum absolute atomic E-state index is 0.0458. The number of nitro benzene ring substituents is 1. The van der Waals surface area contributed by atoms with E-state index in [2.05, 4.69) is 15.9 Å². The van der Waals surface area contributed by atoms with Gasteiger partial charge in [-0.15, -0.1) is 0 Å². The molecule has 7 heteroatoms. The molecule has 0 aliphatic carbocycles. The Morgan fingerprint density at radius 3 is 2.95 bits per heavy atom. The normalized spacial score (nSPS) is 18.9. The highest BCUT2D eigenvalue weighted by atomic mass is 79.9. The van der Waals surface area contributed by atoms with Crippen molar-refractivity contribution < 1.29 is 14.8 Å². The minimum atomic E-state index is -0.817. The van der Waals surface area contributed by atoms with Crippen molar-refractivity contribution in [3.05, 3.63) is 32.8 Å². The third kappa shape index (κ3) is 3.47. The molecule has 0 saturated carbocycles. The smallest absolute Gasteiger partial charge is 0.303 e. The van der Waals surface area contributed by atoms with Gasteiger partial charge in [0.25, 0.3) is 5.69 Å². The summed E-state index contributed by atoms with van der Waals surface area (Å²) in [6.45, 7) is 1.27. The summed E-state index contributed by atoms with van der Waals surface area (Å²) in [5, 5.41) is 20.0. The van der Waals surface area contributed by atoms with Gasteiger partial charge in [-0.3, -0.25) is 14.9 Å². The Hall–Kier alpha value is -1.63. The van der Waals surface area contributed by atoms with E-state index in [0.717, 1.165) is 19.4 Å². The van der Waals surface area contributed by atoms with E-state index < -0.39 is 10.9 Å². The van der Waals surface area contributed by atoms with Crippen LogP contribution in [0.5, 0.6) is 0 Å². The number of rotatable bonds is 4. The summed E-state index contributed by atoms with van der Waals surface area (Å²) < 4.78 is 0.659. The number of carboxylic acid groups (broad SMARTS) is 1. The van der Waals surface area contributed by atoms with Crippen molar-refractivity contribution in [1.82, 2.24) is 0 Å². The van der Waals surface area contributed by atoms with Gasteiger partial charge in [-0.05, 0) is 30.9 Å². The van der Waals surface area contributed by atoms with Crippen LogP contribution in [0.1, 0.15) is 19.3 Å². The molecule has 1 aliphatic heterocycles. The second-order valence-corrected chi connectivity index (χ2v) is 5.86. The monoisotopic (exact) mass is 342 g/mol. The van der Waals surface area contributed by atoms with Gasteiger partial charge in [0.05, 0.1) is 4.92 Å². The average molecular weight is 343 g/mol. The molecule has 1 aromatic rings. The number of piperidine rings is 1. The van der Waals surface area contributed by atoms with Crippen LogP contribution in [0, 0.1) is 16.0 Å². The lowest BCUT2D eigenvalue weighted by molar-refractivity contribution is -0.384. The maximum atomic E-state index is 11.1. The predicted molar refractivity (Wildman–Crippen MR) is 78.0 cm³/mol. The quantitative estimate of drug-likeness (QED) is 0.671. The molecule has 1 fully saturated rings. The number of hydrogen-bond donors (Lipinski definition) is 1. The number of benzene rings is 1. The molecule has 20 heavy (non-hydrogen) atoms. The van der Waals surface area contributed by atoms with Gasteiger partial charge in [-0.1, -0.05) is 15.9 Å². The molecule has 0 spiro atoms. The fourth-order valence-electron chi connectivity index (χ4n) is 2.61. The van der Waals surface area contributed by atoms with Crippen LogP contribution >= 0.6 is 15.9 Å². The molecule has 0 aromatic heterocycles. The third-order valence-corrected chi connectivity index (χ3v) is 3.95. The zero-order valence-electron chi connectivity index (χ0n) is 10.8. The summed E-state index contributed by atoms with van der Waals surface area (Å²) in [7, 11) is 0. The molecule has 1 heterocycles. The number of anilines is 1. The number of aliphatic carboxylic acids is 1. The molecule has 2 rings (SSSR count). The zero-order valence-corrected chi connectivity index (χ0v) is 12.4. The maximum Gasteiger partial charge on any atom is 0.303 e. The van der Waals surface area contributed by atoms with Gasteiger partial charge >= 0.3 is 5.97 Å². The summed E-state index contributed by atoms with van der Waals surface area (Å²) in [5.74, 6) is -0.772. The van der Waals surface area contributed by atoms with Crippen molar-refractivity contribution in [3.63, 3.8) is 0 Å². The first-order valence-corrected chi connectivity index (χ1v) is 7.17. The van der Waals surface area contributed by atoms with Gasteiger partial charge in [0.15, 0.2) is 0 Å². The standard InChI is InChI=1S/C13H15BrN2O4/c14-10-3-4-11(12(7-10)16(19)20)15-5-1-2-9(8-15)6-13(17)18/h3-4,7,9H,1-2,5-6,8H2,(H,17,18). The summed E-state index contributed by atoms with van der Waals surface area (Å²) in [6.07, 6.45) is 1.82. The van der Waals surface area contributed by atoms with Crippen LogP contribution in [0.3, 0.4) is 0 Å². The first-order valence-electron chi connectivity index (χ1n) is 6.38. The Labute approximate surface area is 124 Å². The van der Waals surface area contributed by atoms with Crippen molar-refractivity contribution in [2.75, 3.05) is 18.0 Å². The van der Waals surface area contributed by atoms with Gasteiger partial charge in [-0.25, -0.2) is 0 Å². The molecular weight excluding hydrogens is 328 g/mol. The molecule has 6 nitrogen and oxygen atoms in total. The van der Waals surface area contributed by atoms with Crippen LogP contribution in [0.25, 0.3) is 0 Å². The van der Waals surface area contributed by atoms with E-state index in [1.165, 1.54) is 6.07 Å². The Bertz CT molecular complexity index is 535. The fourth-order valence-corrected chi connectivity index (χ4v) is 2.96. The largest absolute Gasteiger partial charge is 0.481 e. The summed E-state index contributed by atoms with van der Waals surface area (Å²) in [5.41, 5.74) is 0.614.